The first-order chi connectivity index (χ1) is 6.18. The third kappa shape index (κ3) is 1.58. The Bertz CT molecular complexity index is 520. The van der Waals surface area contributed by atoms with Gasteiger partial charge in [-0.15, -0.1) is 0 Å². The number of halogens is 2. The lowest BCUT2D eigenvalue weighted by Gasteiger charge is -1.99. The van der Waals surface area contributed by atoms with Gasteiger partial charge < -0.3 is 4.98 Å². The van der Waals surface area contributed by atoms with E-state index in [0.717, 1.165) is 8.96 Å². The number of rotatable bonds is 0. The molecule has 0 bridgehead atoms. The summed E-state index contributed by atoms with van der Waals surface area (Å²) in [7, 11) is 0. The summed E-state index contributed by atoms with van der Waals surface area (Å²) in [6.07, 6.45) is 1.69. The number of H-pyrrole nitrogens is 1. The Hall–Kier alpha value is -0.550. The quantitative estimate of drug-likeness (QED) is 0.746. The van der Waals surface area contributed by atoms with Gasteiger partial charge in [0.2, 0.25) is 0 Å². The summed E-state index contributed by atoms with van der Waals surface area (Å²) in [5.41, 5.74) is -0.0992. The normalized spacial score (nSPS) is 10.6. The van der Waals surface area contributed by atoms with Gasteiger partial charge in [-0.05, 0) is 34.7 Å². The molecule has 0 atom stereocenters. The first kappa shape index (κ1) is 9.02. The molecule has 2 rings (SSSR count). The van der Waals surface area contributed by atoms with Crippen molar-refractivity contribution < 1.29 is 0 Å². The van der Waals surface area contributed by atoms with E-state index in [2.05, 4.69) is 27.6 Å². The molecule has 1 aromatic carbocycles. The van der Waals surface area contributed by atoms with Gasteiger partial charge in [-0.25, -0.2) is 0 Å². The van der Waals surface area contributed by atoms with Gasteiger partial charge in [0.1, 0.15) is 0 Å². The Labute approximate surface area is 93.1 Å². The monoisotopic (exact) mass is 305 g/mol. The summed E-state index contributed by atoms with van der Waals surface area (Å²) < 4.78 is 1.02. The Balaban J connectivity index is 3.01. The van der Waals surface area contributed by atoms with Crippen LogP contribution in [0.5, 0.6) is 0 Å². The summed E-state index contributed by atoms with van der Waals surface area (Å²) in [5, 5.41) is 2.16. The zero-order valence-electron chi connectivity index (χ0n) is 6.47. The molecule has 2 aromatic rings. The molecule has 0 spiro atoms. The summed E-state index contributed by atoms with van der Waals surface area (Å²) in [5.74, 6) is 0. The van der Waals surface area contributed by atoms with E-state index in [1.165, 1.54) is 0 Å². The fourth-order valence-electron chi connectivity index (χ4n) is 1.20. The fourth-order valence-corrected chi connectivity index (χ4v) is 2.00. The number of pyridine rings is 1. The van der Waals surface area contributed by atoms with Gasteiger partial charge in [0.15, 0.2) is 0 Å². The molecule has 0 fully saturated rings. The smallest absolute Gasteiger partial charge is 0.255 e. The van der Waals surface area contributed by atoms with Crippen molar-refractivity contribution in [1.82, 2.24) is 4.98 Å². The molecule has 1 heterocycles. The average Bonchev–Trinajstić information content (AvgIpc) is 2.12. The molecule has 0 unspecified atom stereocenters. The molecule has 0 aliphatic carbocycles. The van der Waals surface area contributed by atoms with Gasteiger partial charge in [0.05, 0.1) is 0 Å². The van der Waals surface area contributed by atoms with E-state index in [0.29, 0.717) is 10.4 Å². The highest BCUT2D eigenvalue weighted by Gasteiger charge is 2.02. The summed E-state index contributed by atoms with van der Waals surface area (Å²) in [6, 6.07) is 5.32. The van der Waals surface area contributed by atoms with Crippen molar-refractivity contribution in [2.45, 2.75) is 0 Å². The lowest BCUT2D eigenvalue weighted by Crippen LogP contribution is -2.05. The van der Waals surface area contributed by atoms with E-state index in [4.69, 9.17) is 11.6 Å². The lowest BCUT2D eigenvalue weighted by atomic mass is 10.2. The van der Waals surface area contributed by atoms with Gasteiger partial charge >= 0.3 is 0 Å². The van der Waals surface area contributed by atoms with Gasteiger partial charge in [-0.1, -0.05) is 17.7 Å². The van der Waals surface area contributed by atoms with Crippen LogP contribution in [0, 0.1) is 3.57 Å². The maximum absolute atomic E-state index is 11.4. The van der Waals surface area contributed by atoms with Crippen molar-refractivity contribution in [3.63, 3.8) is 0 Å². The van der Waals surface area contributed by atoms with Crippen LogP contribution in [-0.2, 0) is 0 Å². The second kappa shape index (κ2) is 3.31. The van der Waals surface area contributed by atoms with Crippen LogP contribution < -0.4 is 5.56 Å². The van der Waals surface area contributed by atoms with E-state index in [-0.39, 0.29) is 5.56 Å². The van der Waals surface area contributed by atoms with Crippen LogP contribution in [0.1, 0.15) is 0 Å². The highest BCUT2D eigenvalue weighted by Crippen LogP contribution is 2.20. The predicted octanol–water partition coefficient (Wildman–Crippen LogP) is 2.79. The second-order valence-electron chi connectivity index (χ2n) is 2.66. The van der Waals surface area contributed by atoms with Crippen molar-refractivity contribution >= 4 is 45.0 Å². The molecule has 0 saturated heterocycles. The third-order valence-corrected chi connectivity index (χ3v) is 2.94. The molecule has 0 amide bonds. The Morgan fingerprint density at radius 2 is 2.08 bits per heavy atom. The maximum atomic E-state index is 11.4. The van der Waals surface area contributed by atoms with Crippen LogP contribution >= 0.6 is 34.2 Å². The molecule has 2 nitrogen and oxygen atoms in total. The average molecular weight is 306 g/mol. The molecular weight excluding hydrogens is 300 g/mol. The largest absolute Gasteiger partial charge is 0.327 e. The summed E-state index contributed by atoms with van der Waals surface area (Å²) in [4.78, 5) is 14.0. The van der Waals surface area contributed by atoms with Gasteiger partial charge in [0.25, 0.3) is 5.56 Å². The van der Waals surface area contributed by atoms with Crippen molar-refractivity contribution in [3.05, 3.63) is 43.3 Å². The van der Waals surface area contributed by atoms with Crippen LogP contribution in [-0.4, -0.2) is 4.98 Å². The molecule has 13 heavy (non-hydrogen) atoms. The molecule has 0 aliphatic rings. The highest BCUT2D eigenvalue weighted by molar-refractivity contribution is 14.1. The first-order valence-electron chi connectivity index (χ1n) is 3.65. The standard InChI is InChI=1S/C9H5ClINO/c10-5-1-2-6-7(3-5)9(13)12-4-8(6)11/h1-4H,(H,12,13). The molecule has 0 saturated carbocycles. The van der Waals surface area contributed by atoms with E-state index in [1.54, 1.807) is 18.3 Å². The van der Waals surface area contributed by atoms with Gasteiger partial charge in [0, 0.05) is 25.6 Å². The number of fused-ring (bicyclic) bond motifs is 1. The number of nitrogens with one attached hydrogen (secondary N) is 1. The van der Waals surface area contributed by atoms with Gasteiger partial charge in [-0.3, -0.25) is 4.79 Å². The van der Waals surface area contributed by atoms with E-state index in [9.17, 15) is 4.79 Å². The Morgan fingerprint density at radius 1 is 1.31 bits per heavy atom. The SMILES string of the molecule is O=c1[nH]cc(I)c2ccc(Cl)cc12. The lowest BCUT2D eigenvalue weighted by molar-refractivity contribution is 1.26. The van der Waals surface area contributed by atoms with Crippen molar-refractivity contribution in [3.8, 4) is 0 Å². The topological polar surface area (TPSA) is 32.9 Å². The predicted molar refractivity (Wildman–Crippen MR) is 62.3 cm³/mol. The number of hydrogen-bond donors (Lipinski definition) is 1. The summed E-state index contributed by atoms with van der Waals surface area (Å²) >= 11 is 7.96. The van der Waals surface area contributed by atoms with Crippen LogP contribution in [0.25, 0.3) is 10.8 Å². The number of aromatic nitrogens is 1. The zero-order chi connectivity index (χ0) is 9.42. The minimum Gasteiger partial charge on any atom is -0.327 e. The Kier molecular flexibility index (Phi) is 2.29. The van der Waals surface area contributed by atoms with E-state index in [1.807, 2.05) is 6.07 Å². The molecule has 4 heteroatoms. The van der Waals surface area contributed by atoms with Crippen molar-refractivity contribution in [1.29, 1.82) is 0 Å². The molecule has 0 radical (unpaired) electrons. The van der Waals surface area contributed by atoms with Crippen molar-refractivity contribution in [2.75, 3.05) is 0 Å². The molecule has 0 aliphatic heterocycles. The molecule has 1 aromatic heterocycles. The molecule has 66 valence electrons. The van der Waals surface area contributed by atoms with E-state index < -0.39 is 0 Å². The minimum absolute atomic E-state index is 0.0992. The number of benzene rings is 1. The highest BCUT2D eigenvalue weighted by atomic mass is 127. The zero-order valence-corrected chi connectivity index (χ0v) is 9.39. The van der Waals surface area contributed by atoms with Crippen LogP contribution in [0.2, 0.25) is 5.02 Å². The fraction of sp³-hybridized carbons (Fsp3) is 0. The minimum atomic E-state index is -0.0992. The third-order valence-electron chi connectivity index (χ3n) is 1.81. The van der Waals surface area contributed by atoms with Crippen LogP contribution in [0.4, 0.5) is 0 Å². The van der Waals surface area contributed by atoms with Crippen LogP contribution in [0.15, 0.2) is 29.2 Å². The van der Waals surface area contributed by atoms with E-state index >= 15 is 0 Å². The summed E-state index contributed by atoms with van der Waals surface area (Å²) in [6.45, 7) is 0. The first-order valence-corrected chi connectivity index (χ1v) is 5.10. The van der Waals surface area contributed by atoms with Crippen molar-refractivity contribution in [2.24, 2.45) is 0 Å². The Morgan fingerprint density at radius 3 is 2.85 bits per heavy atom. The number of aromatic amines is 1. The molecule has 1 N–H and O–H groups in total. The second-order valence-corrected chi connectivity index (χ2v) is 4.25. The van der Waals surface area contributed by atoms with Crippen LogP contribution in [0.3, 0.4) is 0 Å². The molecular formula is C9H5ClINO. The maximum Gasteiger partial charge on any atom is 0.255 e. The number of hydrogen-bond acceptors (Lipinski definition) is 1. The van der Waals surface area contributed by atoms with Gasteiger partial charge in [-0.2, -0.15) is 0 Å².